The molecule has 30 heavy (non-hydrogen) atoms. The summed E-state index contributed by atoms with van der Waals surface area (Å²) in [6.07, 6.45) is -1.86. The highest BCUT2D eigenvalue weighted by molar-refractivity contribution is 5.85. The summed E-state index contributed by atoms with van der Waals surface area (Å²) in [5.41, 5.74) is 1.45. The number of hydrogen-bond donors (Lipinski definition) is 3. The number of aromatic hydroxyl groups is 1. The number of benzene rings is 2. The monoisotopic (exact) mass is 417 g/mol. The Bertz CT molecular complexity index is 927. The lowest BCUT2D eigenvalue weighted by Gasteiger charge is -2.17. The highest BCUT2D eigenvalue weighted by atomic mass is 16.7. The van der Waals surface area contributed by atoms with Crippen molar-refractivity contribution in [3.63, 3.8) is 0 Å². The zero-order chi connectivity index (χ0) is 21.7. The number of amides is 1. The van der Waals surface area contributed by atoms with Crippen LogP contribution in [-0.2, 0) is 27.3 Å². The normalized spacial score (nSPS) is 13.2. The summed E-state index contributed by atoms with van der Waals surface area (Å²) in [6.45, 7) is 3.44. The van der Waals surface area contributed by atoms with Crippen LogP contribution < -0.4 is 14.8 Å². The molecule has 3 N–H and O–H groups in total. The Balaban J connectivity index is 1.60. The van der Waals surface area contributed by atoms with Gasteiger partial charge >= 0.3 is 12.1 Å². The summed E-state index contributed by atoms with van der Waals surface area (Å²) >= 11 is 0. The van der Waals surface area contributed by atoms with E-state index in [1.165, 1.54) is 6.07 Å². The second-order valence-electron chi connectivity index (χ2n) is 6.95. The molecule has 1 unspecified atom stereocenters. The number of carboxylic acid groups (broad SMARTS) is 1. The van der Waals surface area contributed by atoms with Gasteiger partial charge in [-0.05, 0) is 43.7 Å². The molecule has 3 rings (SSSR count). The molecule has 0 aromatic heterocycles. The Kier molecular flexibility index (Phi) is 6.63. The number of phenols is 1. The first-order valence-electron chi connectivity index (χ1n) is 9.34. The Morgan fingerprint density at radius 3 is 2.63 bits per heavy atom. The lowest BCUT2D eigenvalue weighted by atomic mass is 10.0. The summed E-state index contributed by atoms with van der Waals surface area (Å²) in [5.74, 6) is -0.0181. The number of nitrogens with one attached hydrogen (secondary N) is 1. The highest BCUT2D eigenvalue weighted by Crippen LogP contribution is 2.34. The molecular weight excluding hydrogens is 394 g/mol. The molecule has 0 aliphatic carbocycles. The van der Waals surface area contributed by atoms with E-state index in [0.29, 0.717) is 28.3 Å². The topological polar surface area (TPSA) is 124 Å². The summed E-state index contributed by atoms with van der Waals surface area (Å²) in [6, 6.07) is 9.55. The van der Waals surface area contributed by atoms with E-state index in [1.54, 1.807) is 44.2 Å². The minimum atomic E-state index is -1.07. The van der Waals surface area contributed by atoms with E-state index in [9.17, 15) is 19.8 Å². The van der Waals surface area contributed by atoms with E-state index in [0.717, 1.165) is 0 Å². The van der Waals surface area contributed by atoms with Crippen molar-refractivity contribution in [1.29, 1.82) is 0 Å². The van der Waals surface area contributed by atoms with Gasteiger partial charge in [-0.1, -0.05) is 6.07 Å². The van der Waals surface area contributed by atoms with E-state index in [1.807, 2.05) is 0 Å². The van der Waals surface area contributed by atoms with Gasteiger partial charge in [0.25, 0.3) is 0 Å². The van der Waals surface area contributed by atoms with Crippen molar-refractivity contribution in [2.45, 2.75) is 39.1 Å². The van der Waals surface area contributed by atoms with Crippen LogP contribution in [0.25, 0.3) is 0 Å². The second kappa shape index (κ2) is 9.36. The number of ether oxygens (including phenoxy) is 4. The first kappa shape index (κ1) is 21.3. The summed E-state index contributed by atoms with van der Waals surface area (Å²) in [5, 5.41) is 21.9. The molecule has 9 nitrogen and oxygen atoms in total. The third kappa shape index (κ3) is 5.54. The molecule has 1 amide bonds. The van der Waals surface area contributed by atoms with E-state index < -0.39 is 18.2 Å². The number of aliphatic carboxylic acids is 1. The predicted octanol–water partition coefficient (Wildman–Crippen LogP) is 3.29. The third-order valence-corrected chi connectivity index (χ3v) is 4.25. The largest absolute Gasteiger partial charge is 0.508 e. The summed E-state index contributed by atoms with van der Waals surface area (Å²) in [7, 11) is 0. The zero-order valence-corrected chi connectivity index (χ0v) is 16.6. The van der Waals surface area contributed by atoms with Crippen LogP contribution in [0.15, 0.2) is 36.4 Å². The van der Waals surface area contributed by atoms with Gasteiger partial charge in [0.2, 0.25) is 6.79 Å². The molecule has 9 heteroatoms. The van der Waals surface area contributed by atoms with Crippen LogP contribution in [0.1, 0.15) is 25.0 Å². The molecule has 0 spiro atoms. The first-order chi connectivity index (χ1) is 14.3. The van der Waals surface area contributed by atoms with Gasteiger partial charge in [-0.15, -0.1) is 0 Å². The molecule has 160 valence electrons. The van der Waals surface area contributed by atoms with E-state index in [4.69, 9.17) is 18.9 Å². The number of fused-ring (bicyclic) bond motifs is 1. The third-order valence-electron chi connectivity index (χ3n) is 4.25. The molecule has 2 aromatic rings. The Morgan fingerprint density at radius 1 is 1.13 bits per heavy atom. The molecule has 0 fully saturated rings. The smallest absolute Gasteiger partial charge is 0.411 e. The van der Waals surface area contributed by atoms with Crippen molar-refractivity contribution < 1.29 is 38.7 Å². The number of anilines is 1. The van der Waals surface area contributed by atoms with Crippen LogP contribution >= 0.6 is 0 Å². The van der Waals surface area contributed by atoms with Crippen LogP contribution in [0.2, 0.25) is 0 Å². The molecule has 0 radical (unpaired) electrons. The summed E-state index contributed by atoms with van der Waals surface area (Å²) in [4.78, 5) is 23.5. The van der Waals surface area contributed by atoms with Crippen molar-refractivity contribution in [2.75, 3.05) is 12.1 Å². The molecule has 1 aliphatic rings. The van der Waals surface area contributed by atoms with Crippen LogP contribution in [-0.4, -0.2) is 41.3 Å². The van der Waals surface area contributed by atoms with Gasteiger partial charge in [0.05, 0.1) is 6.10 Å². The Hall–Kier alpha value is -3.46. The lowest BCUT2D eigenvalue weighted by Crippen LogP contribution is -2.29. The first-order valence-corrected chi connectivity index (χ1v) is 9.34. The number of carbonyl (C=O) groups excluding carboxylic acids is 1. The van der Waals surface area contributed by atoms with Gasteiger partial charge in [0.1, 0.15) is 12.4 Å². The Labute approximate surface area is 173 Å². The molecule has 1 heterocycles. The molecule has 1 aliphatic heterocycles. The van der Waals surface area contributed by atoms with Crippen molar-refractivity contribution in [3.8, 4) is 17.2 Å². The molecule has 1 atom stereocenters. The fourth-order valence-electron chi connectivity index (χ4n) is 2.89. The SMILES string of the molecule is CC(C)OC(Cc1ccc(O)c(COC(=O)Nc2ccc3c(c2)OCO3)c1)C(=O)O. The molecule has 0 bridgehead atoms. The molecule has 2 aromatic carbocycles. The fraction of sp³-hybridized carbons (Fsp3) is 0.333. The number of carboxylic acids is 1. The van der Waals surface area contributed by atoms with Gasteiger partial charge in [-0.2, -0.15) is 0 Å². The van der Waals surface area contributed by atoms with Crippen LogP contribution in [0.5, 0.6) is 17.2 Å². The number of rotatable bonds is 8. The number of carbonyl (C=O) groups is 2. The molecular formula is C21H23NO8. The van der Waals surface area contributed by atoms with Gasteiger partial charge in [0.15, 0.2) is 17.6 Å². The van der Waals surface area contributed by atoms with Gasteiger partial charge in [0, 0.05) is 23.7 Å². The summed E-state index contributed by atoms with van der Waals surface area (Å²) < 4.78 is 21.0. The zero-order valence-electron chi connectivity index (χ0n) is 16.6. The van der Waals surface area contributed by atoms with Crippen molar-refractivity contribution in [2.24, 2.45) is 0 Å². The van der Waals surface area contributed by atoms with Gasteiger partial charge < -0.3 is 29.2 Å². The van der Waals surface area contributed by atoms with Crippen molar-refractivity contribution in [1.82, 2.24) is 0 Å². The average molecular weight is 417 g/mol. The minimum absolute atomic E-state index is 0.0636. The van der Waals surface area contributed by atoms with Crippen molar-refractivity contribution in [3.05, 3.63) is 47.5 Å². The van der Waals surface area contributed by atoms with E-state index in [-0.39, 0.29) is 31.7 Å². The van der Waals surface area contributed by atoms with Gasteiger partial charge in [-0.3, -0.25) is 5.32 Å². The lowest BCUT2D eigenvalue weighted by molar-refractivity contribution is -0.153. The Morgan fingerprint density at radius 2 is 1.90 bits per heavy atom. The van der Waals surface area contributed by atoms with Crippen LogP contribution in [0.4, 0.5) is 10.5 Å². The van der Waals surface area contributed by atoms with Crippen molar-refractivity contribution >= 4 is 17.7 Å². The second-order valence-corrected chi connectivity index (χ2v) is 6.95. The predicted molar refractivity (Wildman–Crippen MR) is 106 cm³/mol. The van der Waals surface area contributed by atoms with E-state index >= 15 is 0 Å². The maximum absolute atomic E-state index is 12.1. The van der Waals surface area contributed by atoms with Crippen LogP contribution in [0.3, 0.4) is 0 Å². The quantitative estimate of drug-likeness (QED) is 0.598. The maximum Gasteiger partial charge on any atom is 0.411 e. The highest BCUT2D eigenvalue weighted by Gasteiger charge is 2.21. The fourth-order valence-corrected chi connectivity index (χ4v) is 2.89. The molecule has 0 saturated carbocycles. The molecule has 0 saturated heterocycles. The van der Waals surface area contributed by atoms with Crippen LogP contribution in [0, 0.1) is 0 Å². The average Bonchev–Trinajstić information content (AvgIpc) is 3.15. The maximum atomic E-state index is 12.1. The minimum Gasteiger partial charge on any atom is -0.508 e. The number of phenolic OH excluding ortho intramolecular Hbond substituents is 1. The van der Waals surface area contributed by atoms with E-state index in [2.05, 4.69) is 5.32 Å². The van der Waals surface area contributed by atoms with Gasteiger partial charge in [-0.25, -0.2) is 9.59 Å². The standard InChI is InChI=1S/C21H23NO8/c1-12(2)30-19(20(24)25)8-13-3-5-16(23)14(7-13)10-27-21(26)22-15-4-6-17-18(9-15)29-11-28-17/h3-7,9,12,19,23H,8,10-11H2,1-2H3,(H,22,26)(H,24,25). The number of hydrogen-bond acceptors (Lipinski definition) is 7.